The van der Waals surface area contributed by atoms with Crippen molar-refractivity contribution in [2.24, 2.45) is 5.92 Å². The van der Waals surface area contributed by atoms with E-state index < -0.39 is 16.0 Å². The minimum atomic E-state index is -3.78. The zero-order chi connectivity index (χ0) is 24.7. The summed E-state index contributed by atoms with van der Waals surface area (Å²) < 4.78 is 35.3. The average Bonchev–Trinajstić information content (AvgIpc) is 2.85. The molecule has 0 aromatic heterocycles. The smallest absolute Gasteiger partial charge is 0.335 e. The molecule has 0 aliphatic carbocycles. The molecule has 3 unspecified atom stereocenters. The van der Waals surface area contributed by atoms with Crippen LogP contribution in [0, 0.1) is 19.8 Å². The lowest BCUT2D eigenvalue weighted by Crippen LogP contribution is -2.36. The highest BCUT2D eigenvalue weighted by molar-refractivity contribution is 7.92. The van der Waals surface area contributed by atoms with Crippen molar-refractivity contribution >= 4 is 27.4 Å². The Morgan fingerprint density at radius 2 is 1.80 bits per heavy atom. The van der Waals surface area contributed by atoms with Crippen LogP contribution in [0.1, 0.15) is 57.6 Å². The molecule has 7 nitrogen and oxygen atoms in total. The van der Waals surface area contributed by atoms with Crippen molar-refractivity contribution in [2.75, 3.05) is 16.6 Å². The van der Waals surface area contributed by atoms with E-state index >= 15 is 0 Å². The van der Waals surface area contributed by atoms with Gasteiger partial charge in [-0.05, 0) is 85.8 Å². The van der Waals surface area contributed by atoms with Crippen molar-refractivity contribution in [3.63, 3.8) is 0 Å². The number of sulfonamides is 1. The number of carboxylic acid groups (broad SMARTS) is 1. The fourth-order valence-electron chi connectivity index (χ4n) is 5.00. The van der Waals surface area contributed by atoms with Crippen LogP contribution < -0.4 is 10.0 Å². The van der Waals surface area contributed by atoms with E-state index in [1.165, 1.54) is 0 Å². The van der Waals surface area contributed by atoms with Crippen molar-refractivity contribution in [3.8, 4) is 0 Å². The maximum atomic E-state index is 13.2. The first kappa shape index (κ1) is 23.4. The molecule has 1 saturated heterocycles. The molecule has 5 rings (SSSR count). The van der Waals surface area contributed by atoms with E-state index in [0.717, 1.165) is 40.8 Å². The van der Waals surface area contributed by atoms with Gasteiger partial charge < -0.3 is 15.2 Å². The summed E-state index contributed by atoms with van der Waals surface area (Å²) in [7, 11) is -3.78. The Bertz CT molecular complexity index is 1390. The lowest BCUT2D eigenvalue weighted by molar-refractivity contribution is -0.0382. The van der Waals surface area contributed by atoms with Crippen LogP contribution in [0.4, 0.5) is 11.4 Å². The molecule has 0 radical (unpaired) electrons. The minimum absolute atomic E-state index is 0.0632. The number of benzene rings is 3. The normalized spacial score (nSPS) is 21.4. The number of fused-ring (bicyclic) bond motifs is 3. The number of hydrogen-bond acceptors (Lipinski definition) is 5. The van der Waals surface area contributed by atoms with Crippen LogP contribution in [0.5, 0.6) is 0 Å². The Hall–Kier alpha value is -3.36. The van der Waals surface area contributed by atoms with E-state index in [2.05, 4.69) is 10.0 Å². The second-order valence-electron chi connectivity index (χ2n) is 9.30. The molecule has 3 aromatic rings. The maximum absolute atomic E-state index is 13.2. The van der Waals surface area contributed by atoms with Crippen LogP contribution in [0.3, 0.4) is 0 Å². The van der Waals surface area contributed by atoms with Gasteiger partial charge in [0.15, 0.2) is 0 Å². The van der Waals surface area contributed by atoms with E-state index in [1.54, 1.807) is 36.4 Å². The average molecular weight is 493 g/mol. The third-order valence-corrected chi connectivity index (χ3v) is 8.40. The third kappa shape index (κ3) is 4.51. The number of carbonyl (C=O) groups is 1. The summed E-state index contributed by atoms with van der Waals surface area (Å²) in [5.74, 6) is -0.863. The molecule has 0 bridgehead atoms. The molecule has 3 N–H and O–H groups in total. The van der Waals surface area contributed by atoms with Crippen LogP contribution in [0.25, 0.3) is 0 Å². The summed E-state index contributed by atoms with van der Waals surface area (Å²) >= 11 is 0. The molecule has 2 aliphatic rings. The molecule has 1 fully saturated rings. The molecule has 8 heteroatoms. The zero-order valence-electron chi connectivity index (χ0n) is 19.6. The summed E-state index contributed by atoms with van der Waals surface area (Å²) in [5, 5.41) is 12.8. The second kappa shape index (κ2) is 9.02. The van der Waals surface area contributed by atoms with Gasteiger partial charge in [0, 0.05) is 29.5 Å². The monoisotopic (exact) mass is 492 g/mol. The maximum Gasteiger partial charge on any atom is 0.335 e. The molecule has 182 valence electrons. The number of carboxylic acids is 1. The predicted octanol–water partition coefficient (Wildman–Crippen LogP) is 5.44. The molecule has 0 saturated carbocycles. The van der Waals surface area contributed by atoms with Crippen LogP contribution in [0.15, 0.2) is 65.6 Å². The van der Waals surface area contributed by atoms with Crippen LogP contribution in [-0.2, 0) is 14.8 Å². The summed E-state index contributed by atoms with van der Waals surface area (Å²) in [4.78, 5) is 11.4. The van der Waals surface area contributed by atoms with Gasteiger partial charge in [0.1, 0.15) is 0 Å². The summed E-state index contributed by atoms with van der Waals surface area (Å²) in [6, 6.07) is 17.4. The number of hydrogen-bond donors (Lipinski definition) is 3. The summed E-state index contributed by atoms with van der Waals surface area (Å²) in [6.07, 6.45) is 1.58. The van der Waals surface area contributed by atoms with E-state index in [1.807, 2.05) is 38.1 Å². The van der Waals surface area contributed by atoms with Gasteiger partial charge in [-0.25, -0.2) is 13.2 Å². The molecule has 2 aliphatic heterocycles. The van der Waals surface area contributed by atoms with Crippen LogP contribution in [-0.4, -0.2) is 26.1 Å². The Labute approximate surface area is 205 Å². The number of ether oxygens (including phenoxy) is 1. The van der Waals surface area contributed by atoms with E-state index in [-0.39, 0.29) is 28.5 Å². The van der Waals surface area contributed by atoms with Gasteiger partial charge in [0.25, 0.3) is 10.0 Å². The minimum Gasteiger partial charge on any atom is -0.478 e. The van der Waals surface area contributed by atoms with Gasteiger partial charge in [0.05, 0.1) is 22.6 Å². The lowest BCUT2D eigenvalue weighted by atomic mass is 9.77. The summed E-state index contributed by atoms with van der Waals surface area (Å²) in [5.41, 5.74) is 5.52. The Kier molecular flexibility index (Phi) is 6.02. The van der Waals surface area contributed by atoms with Gasteiger partial charge in [-0.15, -0.1) is 0 Å². The van der Waals surface area contributed by atoms with Crippen molar-refractivity contribution in [2.45, 2.75) is 43.7 Å². The molecule has 0 spiro atoms. The number of aryl methyl sites for hydroxylation is 2. The van der Waals surface area contributed by atoms with Crippen molar-refractivity contribution < 1.29 is 23.1 Å². The van der Waals surface area contributed by atoms with E-state index in [4.69, 9.17) is 4.74 Å². The Balaban J connectivity index is 1.47. The Morgan fingerprint density at radius 3 is 2.51 bits per heavy atom. The second-order valence-corrected chi connectivity index (χ2v) is 11.0. The van der Waals surface area contributed by atoms with Crippen molar-refractivity contribution in [1.29, 1.82) is 0 Å². The molecular formula is C27H28N2O5S. The highest BCUT2D eigenvalue weighted by Gasteiger charge is 2.40. The largest absolute Gasteiger partial charge is 0.478 e. The highest BCUT2D eigenvalue weighted by atomic mass is 32.2. The topological polar surface area (TPSA) is 105 Å². The van der Waals surface area contributed by atoms with E-state index in [0.29, 0.717) is 12.3 Å². The molecule has 3 atom stereocenters. The molecule has 0 amide bonds. The fraction of sp³-hybridized carbons (Fsp3) is 0.296. The van der Waals surface area contributed by atoms with Crippen molar-refractivity contribution in [3.05, 3.63) is 88.5 Å². The zero-order valence-corrected chi connectivity index (χ0v) is 20.4. The van der Waals surface area contributed by atoms with E-state index in [9.17, 15) is 18.3 Å². The first-order chi connectivity index (χ1) is 16.7. The van der Waals surface area contributed by atoms with Gasteiger partial charge >= 0.3 is 5.97 Å². The number of nitrogens with one attached hydrogen (secondary N) is 2. The first-order valence-electron chi connectivity index (χ1n) is 11.7. The number of rotatable bonds is 5. The fourth-order valence-corrected chi connectivity index (χ4v) is 6.08. The molecule has 35 heavy (non-hydrogen) atoms. The van der Waals surface area contributed by atoms with Crippen molar-refractivity contribution in [1.82, 2.24) is 0 Å². The lowest BCUT2D eigenvalue weighted by Gasteiger charge is -2.43. The number of aromatic carboxylic acids is 1. The standard InChI is InChI=1S/C27H28N2O5S/c1-16-5-10-20(14-17(16)2)29-35(32,33)21-11-12-24-23(15-21)26-22(4-3-13-34-26)25(28-24)18-6-8-19(9-7-18)27(30)31/h5-12,14-15,22,25-26,28-29H,3-4,13H2,1-2H3,(H,30,31). The quantitative estimate of drug-likeness (QED) is 0.438. The van der Waals surface area contributed by atoms with Gasteiger partial charge in [-0.1, -0.05) is 18.2 Å². The SMILES string of the molecule is Cc1ccc(NS(=O)(=O)c2ccc3c(c2)C2OCCCC2C(c2ccc(C(=O)O)cc2)N3)cc1C. The van der Waals surface area contributed by atoms with Gasteiger partial charge in [-0.2, -0.15) is 0 Å². The molecule has 3 aromatic carbocycles. The summed E-state index contributed by atoms with van der Waals surface area (Å²) in [6.45, 7) is 4.55. The van der Waals surface area contributed by atoms with Crippen LogP contribution >= 0.6 is 0 Å². The number of anilines is 2. The molecular weight excluding hydrogens is 464 g/mol. The van der Waals surface area contributed by atoms with Gasteiger partial charge in [0.2, 0.25) is 0 Å². The molecule has 2 heterocycles. The first-order valence-corrected chi connectivity index (χ1v) is 13.2. The van der Waals surface area contributed by atoms with Crippen LogP contribution in [0.2, 0.25) is 0 Å². The third-order valence-electron chi connectivity index (χ3n) is 7.02. The predicted molar refractivity (Wildman–Crippen MR) is 134 cm³/mol. The highest BCUT2D eigenvalue weighted by Crippen LogP contribution is 2.49. The van der Waals surface area contributed by atoms with Gasteiger partial charge in [-0.3, -0.25) is 4.72 Å². The Morgan fingerprint density at radius 1 is 1.03 bits per heavy atom.